The standard InChI is InChI=1S/C15H23NO/c1-12-10-16(4)14(2,3)11-15(12,17)13-8-6-5-7-9-13/h5-9,12,17H,10-11H2,1-4H3/t12-,15+/m1/s1. The molecule has 0 aromatic heterocycles. The Kier molecular flexibility index (Phi) is 3.04. The minimum absolute atomic E-state index is 0.0388. The van der Waals surface area contributed by atoms with Crippen LogP contribution in [0.4, 0.5) is 0 Å². The molecule has 1 aliphatic heterocycles. The van der Waals surface area contributed by atoms with E-state index in [1.54, 1.807) is 0 Å². The fraction of sp³-hybridized carbons (Fsp3) is 0.600. The molecule has 0 spiro atoms. The monoisotopic (exact) mass is 233 g/mol. The lowest BCUT2D eigenvalue weighted by Crippen LogP contribution is -2.57. The van der Waals surface area contributed by atoms with Gasteiger partial charge in [0.1, 0.15) is 0 Å². The Morgan fingerprint density at radius 2 is 1.82 bits per heavy atom. The number of hydrogen-bond donors (Lipinski definition) is 1. The molecule has 0 bridgehead atoms. The van der Waals surface area contributed by atoms with Crippen LogP contribution in [-0.4, -0.2) is 29.1 Å². The van der Waals surface area contributed by atoms with Crippen molar-refractivity contribution in [1.29, 1.82) is 0 Å². The summed E-state index contributed by atoms with van der Waals surface area (Å²) in [4.78, 5) is 2.34. The van der Waals surface area contributed by atoms with Gasteiger partial charge in [-0.15, -0.1) is 0 Å². The van der Waals surface area contributed by atoms with Crippen molar-refractivity contribution in [2.24, 2.45) is 5.92 Å². The Labute approximate surface area is 104 Å². The van der Waals surface area contributed by atoms with Crippen LogP contribution in [0, 0.1) is 5.92 Å². The van der Waals surface area contributed by atoms with Crippen molar-refractivity contribution < 1.29 is 5.11 Å². The van der Waals surface area contributed by atoms with Crippen LogP contribution in [0.2, 0.25) is 0 Å². The summed E-state index contributed by atoms with van der Waals surface area (Å²) in [5.74, 6) is 0.253. The van der Waals surface area contributed by atoms with Gasteiger partial charge in [-0.2, -0.15) is 0 Å². The lowest BCUT2D eigenvalue weighted by Gasteiger charge is -2.51. The van der Waals surface area contributed by atoms with E-state index >= 15 is 0 Å². The lowest BCUT2D eigenvalue weighted by atomic mass is 9.70. The normalized spacial score (nSPS) is 33.6. The van der Waals surface area contributed by atoms with E-state index in [9.17, 15) is 5.11 Å². The predicted octanol–water partition coefficient (Wildman–Crippen LogP) is 2.62. The zero-order valence-corrected chi connectivity index (χ0v) is 11.3. The molecule has 2 heteroatoms. The predicted molar refractivity (Wildman–Crippen MR) is 70.8 cm³/mol. The number of hydrogen-bond acceptors (Lipinski definition) is 2. The summed E-state index contributed by atoms with van der Waals surface area (Å²) in [5, 5.41) is 11.0. The first kappa shape index (κ1) is 12.6. The van der Waals surface area contributed by atoms with Crippen molar-refractivity contribution in [3.63, 3.8) is 0 Å². The summed E-state index contributed by atoms with van der Waals surface area (Å²) >= 11 is 0. The van der Waals surface area contributed by atoms with Crippen molar-refractivity contribution in [3.8, 4) is 0 Å². The van der Waals surface area contributed by atoms with Gasteiger partial charge in [-0.25, -0.2) is 0 Å². The summed E-state index contributed by atoms with van der Waals surface area (Å²) in [5.41, 5.74) is 0.391. The third-order valence-corrected chi connectivity index (χ3v) is 4.37. The van der Waals surface area contributed by atoms with E-state index in [1.165, 1.54) is 0 Å². The number of benzene rings is 1. The van der Waals surface area contributed by atoms with Crippen molar-refractivity contribution >= 4 is 0 Å². The molecule has 1 fully saturated rings. The van der Waals surface area contributed by atoms with Gasteiger partial charge in [0.2, 0.25) is 0 Å². The first-order valence-electron chi connectivity index (χ1n) is 6.35. The van der Waals surface area contributed by atoms with Crippen molar-refractivity contribution in [2.45, 2.75) is 38.3 Å². The van der Waals surface area contributed by atoms with Gasteiger partial charge in [-0.1, -0.05) is 37.3 Å². The highest BCUT2D eigenvalue weighted by Crippen LogP contribution is 2.43. The zero-order valence-electron chi connectivity index (χ0n) is 11.3. The molecule has 1 saturated heterocycles. The van der Waals surface area contributed by atoms with Crippen LogP contribution in [0.25, 0.3) is 0 Å². The smallest absolute Gasteiger partial charge is 0.0951 e. The number of nitrogens with zero attached hydrogens (tertiary/aromatic N) is 1. The molecule has 0 saturated carbocycles. The second-order valence-electron chi connectivity index (χ2n) is 6.06. The topological polar surface area (TPSA) is 23.5 Å². The van der Waals surface area contributed by atoms with Crippen LogP contribution < -0.4 is 0 Å². The van der Waals surface area contributed by atoms with Crippen LogP contribution >= 0.6 is 0 Å². The van der Waals surface area contributed by atoms with E-state index in [4.69, 9.17) is 0 Å². The maximum Gasteiger partial charge on any atom is 0.0951 e. The molecule has 1 aromatic carbocycles. The average molecular weight is 233 g/mol. The molecule has 1 N–H and O–H groups in total. The summed E-state index contributed by atoms with van der Waals surface area (Å²) in [7, 11) is 2.14. The molecule has 1 aromatic rings. The molecule has 2 nitrogen and oxygen atoms in total. The molecule has 0 amide bonds. The Morgan fingerprint density at radius 3 is 2.41 bits per heavy atom. The first-order valence-corrected chi connectivity index (χ1v) is 6.35. The molecule has 2 rings (SSSR count). The molecular formula is C15H23NO. The highest BCUT2D eigenvalue weighted by atomic mass is 16.3. The largest absolute Gasteiger partial charge is 0.385 e. The van der Waals surface area contributed by atoms with Crippen LogP contribution in [0.3, 0.4) is 0 Å². The molecule has 0 unspecified atom stereocenters. The van der Waals surface area contributed by atoms with Crippen molar-refractivity contribution in [2.75, 3.05) is 13.6 Å². The number of aliphatic hydroxyl groups is 1. The molecule has 17 heavy (non-hydrogen) atoms. The minimum Gasteiger partial charge on any atom is -0.385 e. The van der Waals surface area contributed by atoms with Crippen LogP contribution in [0.5, 0.6) is 0 Å². The molecule has 1 aliphatic rings. The number of rotatable bonds is 1. The Bertz CT molecular complexity index is 387. The van der Waals surface area contributed by atoms with E-state index in [0.717, 1.165) is 18.5 Å². The fourth-order valence-corrected chi connectivity index (χ4v) is 2.89. The van der Waals surface area contributed by atoms with E-state index in [0.29, 0.717) is 0 Å². The fourth-order valence-electron chi connectivity index (χ4n) is 2.89. The second-order valence-corrected chi connectivity index (χ2v) is 6.06. The SMILES string of the molecule is C[C@@H]1CN(C)C(C)(C)C[C@@]1(O)c1ccccc1. The third-order valence-electron chi connectivity index (χ3n) is 4.37. The van der Waals surface area contributed by atoms with E-state index in [-0.39, 0.29) is 11.5 Å². The molecule has 1 heterocycles. The van der Waals surface area contributed by atoms with E-state index in [2.05, 4.69) is 32.7 Å². The average Bonchev–Trinajstić information content (AvgIpc) is 2.27. The third kappa shape index (κ3) is 2.12. The zero-order chi connectivity index (χ0) is 12.7. The summed E-state index contributed by atoms with van der Waals surface area (Å²) in [6.07, 6.45) is 0.779. The first-order chi connectivity index (χ1) is 7.86. The van der Waals surface area contributed by atoms with Gasteiger partial charge in [-0.3, -0.25) is 0 Å². The summed E-state index contributed by atoms with van der Waals surface area (Å²) < 4.78 is 0. The van der Waals surface area contributed by atoms with Gasteiger partial charge in [0.25, 0.3) is 0 Å². The molecule has 0 radical (unpaired) electrons. The van der Waals surface area contributed by atoms with Crippen molar-refractivity contribution in [1.82, 2.24) is 4.90 Å². The van der Waals surface area contributed by atoms with Gasteiger partial charge in [-0.05, 0) is 32.9 Å². The molecule has 0 aliphatic carbocycles. The number of piperidine rings is 1. The van der Waals surface area contributed by atoms with Crippen LogP contribution in [-0.2, 0) is 5.60 Å². The quantitative estimate of drug-likeness (QED) is 0.806. The Hall–Kier alpha value is -0.860. The highest BCUT2D eigenvalue weighted by Gasteiger charge is 2.46. The van der Waals surface area contributed by atoms with Crippen LogP contribution in [0.15, 0.2) is 30.3 Å². The van der Waals surface area contributed by atoms with Gasteiger partial charge in [0, 0.05) is 18.0 Å². The van der Waals surface area contributed by atoms with Gasteiger partial charge in [0.05, 0.1) is 5.60 Å². The number of likely N-dealkylation sites (tertiary alicyclic amines) is 1. The lowest BCUT2D eigenvalue weighted by molar-refractivity contribution is -0.112. The molecule has 94 valence electrons. The van der Waals surface area contributed by atoms with E-state index < -0.39 is 5.60 Å². The Morgan fingerprint density at radius 1 is 1.24 bits per heavy atom. The molecular weight excluding hydrogens is 210 g/mol. The van der Waals surface area contributed by atoms with E-state index in [1.807, 2.05) is 30.3 Å². The van der Waals surface area contributed by atoms with Gasteiger partial charge in [0.15, 0.2) is 0 Å². The maximum absolute atomic E-state index is 11.0. The highest BCUT2D eigenvalue weighted by molar-refractivity contribution is 5.25. The minimum atomic E-state index is -0.697. The van der Waals surface area contributed by atoms with Crippen molar-refractivity contribution in [3.05, 3.63) is 35.9 Å². The maximum atomic E-state index is 11.0. The van der Waals surface area contributed by atoms with Crippen LogP contribution in [0.1, 0.15) is 32.8 Å². The summed E-state index contributed by atoms with van der Waals surface area (Å²) in [6, 6.07) is 10.1. The van der Waals surface area contributed by atoms with Gasteiger partial charge < -0.3 is 10.0 Å². The Balaban J connectivity index is 2.37. The second kappa shape index (κ2) is 4.11. The summed E-state index contributed by atoms with van der Waals surface area (Å²) in [6.45, 7) is 7.47. The molecule has 2 atom stereocenters. The van der Waals surface area contributed by atoms with Gasteiger partial charge >= 0.3 is 0 Å².